The molecule has 0 spiro atoms. The number of hydrogen-bond donors (Lipinski definition) is 1. The van der Waals surface area contributed by atoms with Gasteiger partial charge in [-0.15, -0.1) is 0 Å². The Bertz CT molecular complexity index is 731. The van der Waals surface area contributed by atoms with Crippen LogP contribution in [-0.2, 0) is 17.9 Å². The summed E-state index contributed by atoms with van der Waals surface area (Å²) >= 11 is 6.16. The second-order valence-electron chi connectivity index (χ2n) is 6.54. The van der Waals surface area contributed by atoms with Gasteiger partial charge in [0, 0.05) is 30.9 Å². The van der Waals surface area contributed by atoms with Gasteiger partial charge in [0.25, 0.3) is 0 Å². The van der Waals surface area contributed by atoms with Crippen molar-refractivity contribution in [1.82, 2.24) is 4.90 Å². The van der Waals surface area contributed by atoms with Gasteiger partial charge < -0.3 is 15.0 Å². The lowest BCUT2D eigenvalue weighted by Gasteiger charge is -2.19. The van der Waals surface area contributed by atoms with E-state index in [1.807, 2.05) is 48.5 Å². The van der Waals surface area contributed by atoms with E-state index in [2.05, 4.69) is 5.32 Å². The summed E-state index contributed by atoms with van der Waals surface area (Å²) in [6.45, 7) is 1.86. The zero-order valence-corrected chi connectivity index (χ0v) is 15.1. The lowest BCUT2D eigenvalue weighted by molar-refractivity contribution is 0.111. The van der Waals surface area contributed by atoms with Gasteiger partial charge in [-0.05, 0) is 48.1 Å². The molecule has 0 unspecified atom stereocenters. The van der Waals surface area contributed by atoms with Crippen molar-refractivity contribution in [2.45, 2.75) is 26.0 Å². The van der Waals surface area contributed by atoms with E-state index in [4.69, 9.17) is 16.3 Å². The van der Waals surface area contributed by atoms with Crippen LogP contribution in [0.3, 0.4) is 0 Å². The first-order valence-electron chi connectivity index (χ1n) is 8.54. The topological polar surface area (TPSA) is 41.6 Å². The molecule has 0 aliphatic heterocycles. The SMILES string of the molecule is CN(Cc1ccccc1Cl)C(=O)Nc1cccc(COCC2CC2)c1. The van der Waals surface area contributed by atoms with Gasteiger partial charge in [0.1, 0.15) is 0 Å². The minimum Gasteiger partial charge on any atom is -0.376 e. The number of rotatable bonds is 7. The van der Waals surface area contributed by atoms with Crippen molar-refractivity contribution in [2.24, 2.45) is 5.92 Å². The summed E-state index contributed by atoms with van der Waals surface area (Å²) in [5.74, 6) is 0.751. The number of benzene rings is 2. The molecule has 0 atom stereocenters. The van der Waals surface area contributed by atoms with Crippen LogP contribution >= 0.6 is 11.6 Å². The Morgan fingerprint density at radius 1 is 1.24 bits per heavy atom. The molecule has 0 bridgehead atoms. The maximum Gasteiger partial charge on any atom is 0.321 e. The molecule has 1 aliphatic rings. The van der Waals surface area contributed by atoms with Gasteiger partial charge in [0.05, 0.1) is 6.61 Å². The Morgan fingerprint density at radius 3 is 2.80 bits per heavy atom. The fourth-order valence-corrected chi connectivity index (χ4v) is 2.74. The molecule has 0 heterocycles. The molecule has 25 heavy (non-hydrogen) atoms. The van der Waals surface area contributed by atoms with Gasteiger partial charge in [-0.1, -0.05) is 41.9 Å². The molecule has 1 saturated carbocycles. The van der Waals surface area contributed by atoms with E-state index >= 15 is 0 Å². The Morgan fingerprint density at radius 2 is 2.04 bits per heavy atom. The van der Waals surface area contributed by atoms with Gasteiger partial charge in [0.2, 0.25) is 0 Å². The Labute approximate surface area is 153 Å². The molecular weight excluding hydrogens is 336 g/mol. The van der Waals surface area contributed by atoms with Crippen LogP contribution in [0.15, 0.2) is 48.5 Å². The third kappa shape index (κ3) is 5.48. The molecule has 132 valence electrons. The molecule has 0 radical (unpaired) electrons. The fraction of sp³-hybridized carbons (Fsp3) is 0.350. The summed E-state index contributed by atoms with van der Waals surface area (Å²) < 4.78 is 5.71. The second kappa shape index (κ2) is 8.37. The molecule has 5 heteroatoms. The van der Waals surface area contributed by atoms with E-state index < -0.39 is 0 Å². The number of ether oxygens (including phenoxy) is 1. The number of hydrogen-bond acceptors (Lipinski definition) is 2. The summed E-state index contributed by atoms with van der Waals surface area (Å²) in [6, 6.07) is 15.1. The smallest absolute Gasteiger partial charge is 0.321 e. The van der Waals surface area contributed by atoms with E-state index in [9.17, 15) is 4.79 Å². The van der Waals surface area contributed by atoms with Crippen LogP contribution in [0.1, 0.15) is 24.0 Å². The lowest BCUT2D eigenvalue weighted by Crippen LogP contribution is -2.30. The van der Waals surface area contributed by atoms with Gasteiger partial charge in [0.15, 0.2) is 0 Å². The zero-order chi connectivity index (χ0) is 17.6. The summed E-state index contributed by atoms with van der Waals surface area (Å²) in [4.78, 5) is 14.0. The van der Waals surface area contributed by atoms with Crippen LogP contribution in [-0.4, -0.2) is 24.6 Å². The van der Waals surface area contributed by atoms with Crippen LogP contribution in [0, 0.1) is 5.92 Å². The summed E-state index contributed by atoms with van der Waals surface area (Å²) in [5, 5.41) is 3.59. The molecule has 4 nitrogen and oxygen atoms in total. The van der Waals surface area contributed by atoms with Crippen LogP contribution < -0.4 is 5.32 Å². The first kappa shape index (κ1) is 17.8. The van der Waals surface area contributed by atoms with E-state index in [-0.39, 0.29) is 6.03 Å². The van der Waals surface area contributed by atoms with Crippen LogP contribution in [0.4, 0.5) is 10.5 Å². The highest BCUT2D eigenvalue weighted by Gasteiger charge is 2.21. The van der Waals surface area contributed by atoms with Crippen molar-refractivity contribution < 1.29 is 9.53 Å². The molecule has 1 fully saturated rings. The lowest BCUT2D eigenvalue weighted by atomic mass is 10.2. The number of anilines is 1. The first-order valence-corrected chi connectivity index (χ1v) is 8.92. The zero-order valence-electron chi connectivity index (χ0n) is 14.4. The standard InChI is InChI=1S/C20H23ClN2O2/c1-23(12-17-6-2-3-8-19(17)21)20(24)22-18-7-4-5-16(11-18)14-25-13-15-9-10-15/h2-8,11,15H,9-10,12-14H2,1H3,(H,22,24). The van der Waals surface area contributed by atoms with Crippen molar-refractivity contribution in [3.63, 3.8) is 0 Å². The maximum atomic E-state index is 12.4. The number of nitrogens with zero attached hydrogens (tertiary/aromatic N) is 1. The van der Waals surface area contributed by atoms with Crippen molar-refractivity contribution in [2.75, 3.05) is 19.0 Å². The molecule has 1 N–H and O–H groups in total. The normalized spacial score (nSPS) is 13.5. The van der Waals surface area contributed by atoms with Crippen molar-refractivity contribution >= 4 is 23.3 Å². The third-order valence-electron chi connectivity index (χ3n) is 4.21. The first-order chi connectivity index (χ1) is 12.1. The summed E-state index contributed by atoms with van der Waals surface area (Å²) in [6.07, 6.45) is 2.57. The highest BCUT2D eigenvalue weighted by Crippen LogP contribution is 2.29. The second-order valence-corrected chi connectivity index (χ2v) is 6.94. The van der Waals surface area contributed by atoms with Crippen molar-refractivity contribution in [3.05, 3.63) is 64.7 Å². The summed E-state index contributed by atoms with van der Waals surface area (Å²) in [7, 11) is 1.75. The number of halogens is 1. The number of urea groups is 1. The van der Waals surface area contributed by atoms with Crippen LogP contribution in [0.25, 0.3) is 0 Å². The van der Waals surface area contributed by atoms with Gasteiger partial charge in [-0.25, -0.2) is 4.79 Å². The van der Waals surface area contributed by atoms with E-state index in [1.165, 1.54) is 12.8 Å². The van der Waals surface area contributed by atoms with Gasteiger partial charge >= 0.3 is 6.03 Å². The maximum absolute atomic E-state index is 12.4. The largest absolute Gasteiger partial charge is 0.376 e. The number of nitrogens with one attached hydrogen (secondary N) is 1. The molecule has 0 aromatic heterocycles. The van der Waals surface area contributed by atoms with Crippen LogP contribution in [0.5, 0.6) is 0 Å². The summed E-state index contributed by atoms with van der Waals surface area (Å²) in [5.41, 5.74) is 2.75. The molecule has 2 aromatic carbocycles. The average molecular weight is 359 g/mol. The monoisotopic (exact) mass is 358 g/mol. The van der Waals surface area contributed by atoms with Crippen molar-refractivity contribution in [1.29, 1.82) is 0 Å². The van der Waals surface area contributed by atoms with E-state index in [1.54, 1.807) is 11.9 Å². The minimum atomic E-state index is -0.170. The molecule has 1 aliphatic carbocycles. The van der Waals surface area contributed by atoms with Crippen molar-refractivity contribution in [3.8, 4) is 0 Å². The van der Waals surface area contributed by atoms with E-state index in [0.717, 1.165) is 29.3 Å². The number of carbonyl (C=O) groups is 1. The van der Waals surface area contributed by atoms with Gasteiger partial charge in [-0.2, -0.15) is 0 Å². The highest BCUT2D eigenvalue weighted by molar-refractivity contribution is 6.31. The van der Waals surface area contributed by atoms with Gasteiger partial charge in [-0.3, -0.25) is 0 Å². The number of amides is 2. The molecular formula is C20H23ClN2O2. The quantitative estimate of drug-likeness (QED) is 0.762. The highest BCUT2D eigenvalue weighted by atomic mass is 35.5. The third-order valence-corrected chi connectivity index (χ3v) is 4.58. The fourth-order valence-electron chi connectivity index (χ4n) is 2.54. The molecule has 3 rings (SSSR count). The Hall–Kier alpha value is -2.04. The molecule has 0 saturated heterocycles. The average Bonchev–Trinajstić information content (AvgIpc) is 3.41. The minimum absolute atomic E-state index is 0.170. The predicted octanol–water partition coefficient (Wildman–Crippen LogP) is 4.93. The Kier molecular flexibility index (Phi) is 5.95. The molecule has 2 aromatic rings. The van der Waals surface area contributed by atoms with Crippen LogP contribution in [0.2, 0.25) is 5.02 Å². The van der Waals surface area contributed by atoms with E-state index in [0.29, 0.717) is 18.2 Å². The predicted molar refractivity (Wildman–Crippen MR) is 101 cm³/mol. The number of carbonyl (C=O) groups excluding carboxylic acids is 1. The molecule has 2 amide bonds. The Balaban J connectivity index is 1.53.